The molecule has 0 aliphatic carbocycles. The molecule has 0 bridgehead atoms. The van der Waals surface area contributed by atoms with Crippen molar-refractivity contribution in [2.75, 3.05) is 32.7 Å². The number of hydrogen-bond acceptors (Lipinski definition) is 3. The molecule has 2 heterocycles. The molecule has 4 nitrogen and oxygen atoms in total. The van der Waals surface area contributed by atoms with Gasteiger partial charge < -0.3 is 10.6 Å². The van der Waals surface area contributed by atoms with Crippen LogP contribution in [0.15, 0.2) is 0 Å². The monoisotopic (exact) mass is 275 g/mol. The predicted molar refractivity (Wildman–Crippen MR) is 75.9 cm³/mol. The minimum atomic E-state index is 0. The maximum Gasteiger partial charge on any atom is 0.236 e. The second kappa shape index (κ2) is 7.31. The van der Waals surface area contributed by atoms with Crippen LogP contribution in [0.3, 0.4) is 0 Å². The number of nitrogens with two attached hydrogens (primary N) is 1. The summed E-state index contributed by atoms with van der Waals surface area (Å²) in [5.74, 6) is 0.897. The minimum absolute atomic E-state index is 0. The van der Waals surface area contributed by atoms with E-state index in [1.54, 1.807) is 0 Å². The number of carbonyl (C=O) groups excluding carboxylic acids is 1. The number of amides is 1. The number of nitrogens with zero attached hydrogens (tertiary/aromatic N) is 2. The van der Waals surface area contributed by atoms with Gasteiger partial charge in [0.1, 0.15) is 0 Å². The second-order valence-electron chi connectivity index (χ2n) is 5.56. The van der Waals surface area contributed by atoms with Gasteiger partial charge in [0.25, 0.3) is 0 Å². The molecule has 2 rings (SSSR count). The Bertz CT molecular complexity index is 269. The first-order chi connectivity index (χ1) is 8.20. The molecule has 5 heteroatoms. The van der Waals surface area contributed by atoms with Crippen molar-refractivity contribution >= 4 is 18.3 Å². The molecule has 0 radical (unpaired) electrons. The molecule has 2 N–H and O–H groups in total. The number of likely N-dealkylation sites (tertiary alicyclic amines) is 2. The van der Waals surface area contributed by atoms with Crippen molar-refractivity contribution in [3.63, 3.8) is 0 Å². The molecule has 2 atom stereocenters. The van der Waals surface area contributed by atoms with Gasteiger partial charge in [0.2, 0.25) is 5.91 Å². The van der Waals surface area contributed by atoms with Crippen molar-refractivity contribution in [2.45, 2.75) is 38.6 Å². The fourth-order valence-corrected chi connectivity index (χ4v) is 3.03. The van der Waals surface area contributed by atoms with Crippen molar-refractivity contribution in [2.24, 2.45) is 11.7 Å². The van der Waals surface area contributed by atoms with Gasteiger partial charge in [-0.3, -0.25) is 9.69 Å². The third-order valence-electron chi connectivity index (χ3n) is 4.17. The van der Waals surface area contributed by atoms with E-state index in [-0.39, 0.29) is 12.4 Å². The Kier molecular flexibility index (Phi) is 6.39. The van der Waals surface area contributed by atoms with Crippen LogP contribution in [-0.4, -0.2) is 54.5 Å². The van der Waals surface area contributed by atoms with E-state index < -0.39 is 0 Å². The summed E-state index contributed by atoms with van der Waals surface area (Å²) in [6, 6.07) is 0.511. The smallest absolute Gasteiger partial charge is 0.236 e. The first-order valence-electron chi connectivity index (χ1n) is 6.92. The molecule has 0 spiro atoms. The number of hydrogen-bond donors (Lipinski definition) is 1. The number of halogens is 1. The molecular formula is C13H26ClN3O. The zero-order chi connectivity index (χ0) is 12.3. The molecule has 1 amide bonds. The highest BCUT2D eigenvalue weighted by molar-refractivity contribution is 5.85. The lowest BCUT2D eigenvalue weighted by Crippen LogP contribution is -2.43. The summed E-state index contributed by atoms with van der Waals surface area (Å²) < 4.78 is 0. The summed E-state index contributed by atoms with van der Waals surface area (Å²) >= 11 is 0. The first kappa shape index (κ1) is 15.7. The van der Waals surface area contributed by atoms with E-state index in [0.717, 1.165) is 32.6 Å². The number of rotatable bonds is 3. The topological polar surface area (TPSA) is 49.6 Å². The zero-order valence-electron chi connectivity index (χ0n) is 11.3. The molecule has 2 unspecified atom stereocenters. The fourth-order valence-electron chi connectivity index (χ4n) is 3.03. The normalized spacial score (nSPS) is 29.1. The maximum atomic E-state index is 12.1. The van der Waals surface area contributed by atoms with E-state index in [9.17, 15) is 4.79 Å². The molecular weight excluding hydrogens is 250 g/mol. The van der Waals surface area contributed by atoms with E-state index in [2.05, 4.69) is 11.8 Å². The molecule has 18 heavy (non-hydrogen) atoms. The van der Waals surface area contributed by atoms with Crippen LogP contribution in [0.5, 0.6) is 0 Å². The highest BCUT2D eigenvalue weighted by Gasteiger charge is 2.30. The van der Waals surface area contributed by atoms with Crippen LogP contribution < -0.4 is 5.73 Å². The second-order valence-corrected chi connectivity index (χ2v) is 5.56. The van der Waals surface area contributed by atoms with Gasteiger partial charge in [-0.1, -0.05) is 0 Å². The van der Waals surface area contributed by atoms with Gasteiger partial charge in [0.15, 0.2) is 0 Å². The van der Waals surface area contributed by atoms with Gasteiger partial charge in [-0.05, 0) is 45.1 Å². The number of piperidine rings is 1. The van der Waals surface area contributed by atoms with E-state index in [1.807, 2.05) is 4.90 Å². The SMILES string of the molecule is CC1CC(CN)CN1CC(=O)N1CCCCC1.Cl. The van der Waals surface area contributed by atoms with Crippen LogP contribution in [0.2, 0.25) is 0 Å². The van der Waals surface area contributed by atoms with Crippen LogP contribution in [0.4, 0.5) is 0 Å². The lowest BCUT2D eigenvalue weighted by Gasteiger charge is -2.29. The van der Waals surface area contributed by atoms with Gasteiger partial charge in [-0.15, -0.1) is 12.4 Å². The molecule has 0 aromatic heterocycles. The predicted octanol–water partition coefficient (Wildman–Crippen LogP) is 1.09. The van der Waals surface area contributed by atoms with Crippen molar-refractivity contribution in [1.29, 1.82) is 0 Å². The summed E-state index contributed by atoms with van der Waals surface area (Å²) in [4.78, 5) is 16.5. The Morgan fingerprint density at radius 2 is 1.94 bits per heavy atom. The molecule has 2 fully saturated rings. The summed E-state index contributed by atoms with van der Waals surface area (Å²) in [7, 11) is 0. The van der Waals surface area contributed by atoms with Crippen LogP contribution >= 0.6 is 12.4 Å². The van der Waals surface area contributed by atoms with Crippen molar-refractivity contribution in [1.82, 2.24) is 9.80 Å². The Morgan fingerprint density at radius 3 is 2.50 bits per heavy atom. The van der Waals surface area contributed by atoms with Gasteiger partial charge in [0.05, 0.1) is 6.54 Å². The third-order valence-corrected chi connectivity index (χ3v) is 4.17. The van der Waals surface area contributed by atoms with Crippen molar-refractivity contribution in [3.8, 4) is 0 Å². The lowest BCUT2D eigenvalue weighted by molar-refractivity contribution is -0.133. The minimum Gasteiger partial charge on any atom is -0.342 e. The lowest BCUT2D eigenvalue weighted by atomic mass is 10.1. The van der Waals surface area contributed by atoms with Crippen LogP contribution in [0.25, 0.3) is 0 Å². The summed E-state index contributed by atoms with van der Waals surface area (Å²) in [6.07, 6.45) is 4.77. The van der Waals surface area contributed by atoms with Crippen molar-refractivity contribution < 1.29 is 4.79 Å². The van der Waals surface area contributed by atoms with E-state index in [1.165, 1.54) is 19.3 Å². The average molecular weight is 276 g/mol. The Labute approximate surface area is 116 Å². The zero-order valence-corrected chi connectivity index (χ0v) is 12.1. The van der Waals surface area contributed by atoms with Gasteiger partial charge in [0, 0.05) is 25.7 Å². The van der Waals surface area contributed by atoms with Gasteiger partial charge >= 0.3 is 0 Å². The van der Waals surface area contributed by atoms with E-state index >= 15 is 0 Å². The maximum absolute atomic E-state index is 12.1. The van der Waals surface area contributed by atoms with E-state index in [0.29, 0.717) is 24.4 Å². The molecule has 0 aromatic rings. The highest BCUT2D eigenvalue weighted by atomic mass is 35.5. The largest absolute Gasteiger partial charge is 0.342 e. The molecule has 2 aliphatic rings. The Balaban J connectivity index is 0.00000162. The quantitative estimate of drug-likeness (QED) is 0.839. The highest BCUT2D eigenvalue weighted by Crippen LogP contribution is 2.22. The molecule has 2 saturated heterocycles. The van der Waals surface area contributed by atoms with Crippen LogP contribution in [-0.2, 0) is 4.79 Å². The van der Waals surface area contributed by atoms with Gasteiger partial charge in [-0.25, -0.2) is 0 Å². The summed E-state index contributed by atoms with van der Waals surface area (Å²) in [5.41, 5.74) is 5.71. The summed E-state index contributed by atoms with van der Waals surface area (Å²) in [5, 5.41) is 0. The molecule has 2 aliphatic heterocycles. The van der Waals surface area contributed by atoms with Crippen LogP contribution in [0, 0.1) is 5.92 Å². The van der Waals surface area contributed by atoms with E-state index in [4.69, 9.17) is 5.73 Å². The molecule has 106 valence electrons. The average Bonchev–Trinajstić information content (AvgIpc) is 2.71. The fraction of sp³-hybridized carbons (Fsp3) is 0.923. The van der Waals surface area contributed by atoms with Crippen LogP contribution in [0.1, 0.15) is 32.6 Å². The Hall–Kier alpha value is -0.320. The third kappa shape index (κ3) is 3.84. The summed E-state index contributed by atoms with van der Waals surface area (Å²) in [6.45, 7) is 6.47. The van der Waals surface area contributed by atoms with Crippen molar-refractivity contribution in [3.05, 3.63) is 0 Å². The standard InChI is InChI=1S/C13H25N3O.ClH/c1-11-7-12(8-14)9-16(11)10-13(17)15-5-3-2-4-6-15;/h11-12H,2-10,14H2,1H3;1H. The van der Waals surface area contributed by atoms with Gasteiger partial charge in [-0.2, -0.15) is 0 Å². The Morgan fingerprint density at radius 1 is 1.28 bits per heavy atom. The molecule has 0 saturated carbocycles. The number of carbonyl (C=O) groups is 1. The first-order valence-corrected chi connectivity index (χ1v) is 6.92. The molecule has 0 aromatic carbocycles.